The first-order valence-electron chi connectivity index (χ1n) is 10.7. The molecule has 1 unspecified atom stereocenters. The van der Waals surface area contributed by atoms with Crippen LogP contribution in [0.5, 0.6) is 0 Å². The van der Waals surface area contributed by atoms with E-state index in [0.717, 1.165) is 6.42 Å². The van der Waals surface area contributed by atoms with Crippen molar-refractivity contribution in [1.29, 1.82) is 0 Å². The molecule has 1 saturated heterocycles. The Morgan fingerprint density at radius 2 is 2.00 bits per heavy atom. The molecular formula is C23H31N7O3. The van der Waals surface area contributed by atoms with E-state index in [1.54, 1.807) is 24.3 Å². The minimum atomic E-state index is -1.27. The van der Waals surface area contributed by atoms with E-state index >= 15 is 0 Å². The van der Waals surface area contributed by atoms with Crippen molar-refractivity contribution in [3.05, 3.63) is 54.2 Å². The van der Waals surface area contributed by atoms with E-state index in [1.807, 2.05) is 25.7 Å². The van der Waals surface area contributed by atoms with Crippen LogP contribution in [0.2, 0.25) is 0 Å². The fourth-order valence-corrected chi connectivity index (χ4v) is 3.43. The molecule has 10 nitrogen and oxygen atoms in total. The van der Waals surface area contributed by atoms with Crippen LogP contribution in [0.15, 0.2) is 43.1 Å². The topological polar surface area (TPSA) is 146 Å². The summed E-state index contributed by atoms with van der Waals surface area (Å²) in [6.07, 6.45) is 2.22. The standard InChI is InChI=1S/C23H31N7O3/c1-5-18(31)26-16-10-11-30(13-16)22-25-12-17(19(24)32)20(28-22)27-15-8-6-14(7-9-15)21(33)29-23(2,3)4/h5-9,12,16,19,32H,1,10-11,13,24H2,2-4H3,(H,26,31)(H,29,33)(H,25,27,28)/t16-,19?/m0/s1. The number of nitrogens with two attached hydrogens (primary N) is 1. The molecule has 0 spiro atoms. The van der Waals surface area contributed by atoms with Crippen LogP contribution < -0.4 is 26.6 Å². The van der Waals surface area contributed by atoms with Crippen LogP contribution in [0, 0.1) is 0 Å². The first kappa shape index (κ1) is 24.1. The van der Waals surface area contributed by atoms with Crippen molar-refractivity contribution in [2.75, 3.05) is 23.3 Å². The maximum atomic E-state index is 12.3. The third kappa shape index (κ3) is 6.50. The lowest BCUT2D eigenvalue weighted by molar-refractivity contribution is -0.117. The van der Waals surface area contributed by atoms with Gasteiger partial charge in [-0.05, 0) is 57.5 Å². The van der Waals surface area contributed by atoms with Gasteiger partial charge in [0.05, 0.1) is 5.56 Å². The Morgan fingerprint density at radius 3 is 2.61 bits per heavy atom. The quantitative estimate of drug-likeness (QED) is 0.314. The Bertz CT molecular complexity index is 1020. The van der Waals surface area contributed by atoms with E-state index in [0.29, 0.717) is 41.7 Å². The van der Waals surface area contributed by atoms with Gasteiger partial charge in [0.15, 0.2) is 0 Å². The first-order valence-corrected chi connectivity index (χ1v) is 10.7. The lowest BCUT2D eigenvalue weighted by Gasteiger charge is -2.21. The van der Waals surface area contributed by atoms with E-state index in [1.165, 1.54) is 12.3 Å². The number of hydrogen-bond acceptors (Lipinski definition) is 8. The van der Waals surface area contributed by atoms with Gasteiger partial charge in [0, 0.05) is 42.1 Å². The average Bonchev–Trinajstić information content (AvgIpc) is 3.21. The highest BCUT2D eigenvalue weighted by atomic mass is 16.3. The number of benzene rings is 1. The maximum Gasteiger partial charge on any atom is 0.251 e. The van der Waals surface area contributed by atoms with Gasteiger partial charge < -0.3 is 31.7 Å². The molecule has 2 heterocycles. The summed E-state index contributed by atoms with van der Waals surface area (Å²) in [4.78, 5) is 34.8. The van der Waals surface area contributed by atoms with Crippen LogP contribution in [0.25, 0.3) is 0 Å². The summed E-state index contributed by atoms with van der Waals surface area (Å²) in [6.45, 7) is 10.5. The number of aliphatic hydroxyl groups excluding tert-OH is 1. The second kappa shape index (κ2) is 9.97. The number of aromatic nitrogens is 2. The van der Waals surface area contributed by atoms with Gasteiger partial charge in [-0.15, -0.1) is 0 Å². The SMILES string of the molecule is C=CC(=O)N[C@H]1CCN(c2ncc(C(N)O)c(Nc3ccc(C(=O)NC(C)(C)C)cc3)n2)C1. The fraction of sp³-hybridized carbons (Fsp3) is 0.391. The van der Waals surface area contributed by atoms with E-state index < -0.39 is 6.23 Å². The van der Waals surface area contributed by atoms with E-state index in [4.69, 9.17) is 5.73 Å². The van der Waals surface area contributed by atoms with Crippen molar-refractivity contribution in [3.63, 3.8) is 0 Å². The molecule has 2 aromatic rings. The lowest BCUT2D eigenvalue weighted by atomic mass is 10.1. The summed E-state index contributed by atoms with van der Waals surface area (Å²) in [7, 11) is 0. The second-order valence-corrected chi connectivity index (χ2v) is 8.97. The summed E-state index contributed by atoms with van der Waals surface area (Å²) >= 11 is 0. The third-order valence-corrected chi connectivity index (χ3v) is 5.02. The highest BCUT2D eigenvalue weighted by Crippen LogP contribution is 2.26. The number of hydrogen-bond donors (Lipinski definition) is 5. The van der Waals surface area contributed by atoms with Gasteiger partial charge in [-0.1, -0.05) is 6.58 Å². The summed E-state index contributed by atoms with van der Waals surface area (Å²) in [6, 6.07) is 6.89. The summed E-state index contributed by atoms with van der Waals surface area (Å²) in [5, 5.41) is 18.9. The van der Waals surface area contributed by atoms with Crippen molar-refractivity contribution in [3.8, 4) is 0 Å². The molecule has 2 amide bonds. The normalized spacial score (nSPS) is 16.8. The van der Waals surface area contributed by atoms with Crippen LogP contribution in [-0.4, -0.2) is 51.6 Å². The van der Waals surface area contributed by atoms with E-state index in [2.05, 4.69) is 32.5 Å². The number of nitrogens with one attached hydrogen (secondary N) is 3. The highest BCUT2D eigenvalue weighted by Gasteiger charge is 2.26. The number of aliphatic hydroxyl groups is 1. The van der Waals surface area contributed by atoms with Crippen LogP contribution >= 0.6 is 0 Å². The monoisotopic (exact) mass is 453 g/mol. The summed E-state index contributed by atoms with van der Waals surface area (Å²) < 4.78 is 0. The molecule has 0 saturated carbocycles. The van der Waals surface area contributed by atoms with Crippen LogP contribution in [-0.2, 0) is 4.79 Å². The molecule has 10 heteroatoms. The van der Waals surface area contributed by atoms with Crippen molar-refractivity contribution in [1.82, 2.24) is 20.6 Å². The van der Waals surface area contributed by atoms with Crippen LogP contribution in [0.4, 0.5) is 17.5 Å². The second-order valence-electron chi connectivity index (χ2n) is 8.97. The van der Waals surface area contributed by atoms with Crippen molar-refractivity contribution in [2.45, 2.75) is 45.0 Å². The molecule has 1 aliphatic heterocycles. The molecule has 2 atom stereocenters. The summed E-state index contributed by atoms with van der Waals surface area (Å²) in [5.41, 5.74) is 6.91. The van der Waals surface area contributed by atoms with E-state index in [9.17, 15) is 14.7 Å². The number of anilines is 3. The number of rotatable bonds is 7. The Morgan fingerprint density at radius 1 is 1.30 bits per heavy atom. The summed E-state index contributed by atoms with van der Waals surface area (Å²) in [5.74, 6) is 0.439. The molecule has 176 valence electrons. The zero-order valence-corrected chi connectivity index (χ0v) is 19.1. The lowest BCUT2D eigenvalue weighted by Crippen LogP contribution is -2.40. The molecule has 1 fully saturated rings. The molecule has 1 aliphatic rings. The largest absolute Gasteiger partial charge is 0.374 e. The predicted molar refractivity (Wildman–Crippen MR) is 127 cm³/mol. The first-order chi connectivity index (χ1) is 15.6. The number of carbonyl (C=O) groups excluding carboxylic acids is 2. The van der Waals surface area contributed by atoms with Gasteiger partial charge in [0.2, 0.25) is 11.9 Å². The average molecular weight is 454 g/mol. The fourth-order valence-electron chi connectivity index (χ4n) is 3.43. The van der Waals surface area contributed by atoms with Gasteiger partial charge in [-0.2, -0.15) is 4.98 Å². The van der Waals surface area contributed by atoms with Crippen LogP contribution in [0.1, 0.15) is 49.3 Å². The maximum absolute atomic E-state index is 12.3. The molecule has 33 heavy (non-hydrogen) atoms. The van der Waals surface area contributed by atoms with Crippen LogP contribution in [0.3, 0.4) is 0 Å². The molecule has 0 bridgehead atoms. The predicted octanol–water partition coefficient (Wildman–Crippen LogP) is 1.58. The van der Waals surface area contributed by atoms with Crippen molar-refractivity contribution in [2.24, 2.45) is 5.73 Å². The van der Waals surface area contributed by atoms with Gasteiger partial charge >= 0.3 is 0 Å². The minimum absolute atomic E-state index is 0.0259. The third-order valence-electron chi connectivity index (χ3n) is 5.02. The van der Waals surface area contributed by atoms with Gasteiger partial charge in [0.1, 0.15) is 12.0 Å². The van der Waals surface area contributed by atoms with E-state index in [-0.39, 0.29) is 23.4 Å². The Kier molecular flexibility index (Phi) is 7.29. The molecular weight excluding hydrogens is 422 g/mol. The number of nitrogens with zero attached hydrogens (tertiary/aromatic N) is 3. The highest BCUT2D eigenvalue weighted by molar-refractivity contribution is 5.95. The zero-order valence-electron chi connectivity index (χ0n) is 19.1. The number of amides is 2. The molecule has 6 N–H and O–H groups in total. The Hall–Kier alpha value is -3.50. The molecule has 1 aromatic carbocycles. The number of carbonyl (C=O) groups is 2. The molecule has 0 radical (unpaired) electrons. The van der Waals surface area contributed by atoms with Gasteiger partial charge in [-0.25, -0.2) is 4.98 Å². The smallest absolute Gasteiger partial charge is 0.251 e. The van der Waals surface area contributed by atoms with Gasteiger partial charge in [-0.3, -0.25) is 9.59 Å². The Labute approximate surface area is 193 Å². The van der Waals surface area contributed by atoms with Gasteiger partial charge in [0.25, 0.3) is 5.91 Å². The minimum Gasteiger partial charge on any atom is -0.374 e. The van der Waals surface area contributed by atoms with Crippen molar-refractivity contribution >= 4 is 29.3 Å². The molecule has 0 aliphatic carbocycles. The van der Waals surface area contributed by atoms with Crippen molar-refractivity contribution < 1.29 is 14.7 Å². The Balaban J connectivity index is 1.76. The molecule has 1 aromatic heterocycles. The molecule has 3 rings (SSSR count). The zero-order chi connectivity index (χ0) is 24.2.